The summed E-state index contributed by atoms with van der Waals surface area (Å²) in [5, 5.41) is 4.01. The second-order valence-electron chi connectivity index (χ2n) is 9.50. The van der Waals surface area contributed by atoms with Gasteiger partial charge in [-0.25, -0.2) is 13.6 Å². The minimum Gasteiger partial charge on any atom is -0.383 e. The fourth-order valence-electron chi connectivity index (χ4n) is 5.09. The van der Waals surface area contributed by atoms with Gasteiger partial charge in [-0.3, -0.25) is 9.36 Å². The van der Waals surface area contributed by atoms with Gasteiger partial charge in [0, 0.05) is 85.6 Å². The van der Waals surface area contributed by atoms with E-state index in [1.807, 2.05) is 4.90 Å². The number of amides is 1. The van der Waals surface area contributed by atoms with Gasteiger partial charge >= 0.3 is 5.69 Å². The summed E-state index contributed by atoms with van der Waals surface area (Å²) in [6.07, 6.45) is 1.28. The number of hydrogen-bond acceptors (Lipinski definition) is 7. The first-order valence-electron chi connectivity index (χ1n) is 12.7. The molecule has 0 bridgehead atoms. The molecule has 2 aliphatic heterocycles. The lowest BCUT2D eigenvalue weighted by molar-refractivity contribution is -0.126. The molecule has 0 spiro atoms. The molecule has 3 heterocycles. The average molecular weight is 611 g/mol. The highest BCUT2D eigenvalue weighted by Gasteiger charge is 2.30. The van der Waals surface area contributed by atoms with Crippen molar-refractivity contribution >= 4 is 57.6 Å². The van der Waals surface area contributed by atoms with Crippen LogP contribution in [0.1, 0.15) is 0 Å². The molecule has 1 atom stereocenters. The summed E-state index contributed by atoms with van der Waals surface area (Å²) in [5.74, 6) is -0.858. The van der Waals surface area contributed by atoms with Gasteiger partial charge in [-0.15, -0.1) is 11.8 Å². The number of carbonyl (C=O) groups is 1. The first kappa shape index (κ1) is 28.8. The van der Waals surface area contributed by atoms with Gasteiger partial charge in [0.1, 0.15) is 17.5 Å². The smallest absolute Gasteiger partial charge is 0.350 e. The molecule has 0 aliphatic carbocycles. The number of aromatic nitrogens is 2. The van der Waals surface area contributed by atoms with Crippen LogP contribution < -0.4 is 15.9 Å². The van der Waals surface area contributed by atoms with Crippen LogP contribution in [0.25, 0.3) is 22.0 Å². The molecule has 1 aromatic heterocycles. The summed E-state index contributed by atoms with van der Waals surface area (Å²) >= 11 is 14.3. The molecule has 0 radical (unpaired) electrons. The number of nitrogens with zero attached hydrogens (tertiary/aromatic N) is 4. The Labute approximate surface area is 243 Å². The molecular formula is C27H27Cl2F2N5O3S. The van der Waals surface area contributed by atoms with Gasteiger partial charge in [0.05, 0.1) is 22.2 Å². The fraction of sp³-hybridized carbons (Fsp3) is 0.370. The number of halogens is 4. The number of piperazine rings is 1. The minimum absolute atomic E-state index is 0.0421. The van der Waals surface area contributed by atoms with E-state index in [9.17, 15) is 14.0 Å². The third kappa shape index (κ3) is 5.45. The zero-order valence-corrected chi connectivity index (χ0v) is 24.0. The topological polar surface area (TPSA) is 79.7 Å². The molecule has 1 amide bonds. The predicted octanol–water partition coefficient (Wildman–Crippen LogP) is 4.19. The molecule has 1 N–H and O–H groups in total. The summed E-state index contributed by atoms with van der Waals surface area (Å²) < 4.78 is 36.0. The van der Waals surface area contributed by atoms with Gasteiger partial charge < -0.3 is 19.9 Å². The molecule has 1 fully saturated rings. The number of benzene rings is 2. The molecule has 2 aliphatic rings. The largest absolute Gasteiger partial charge is 0.383 e. The van der Waals surface area contributed by atoms with E-state index in [4.69, 9.17) is 27.9 Å². The number of anilines is 1. The van der Waals surface area contributed by atoms with Crippen LogP contribution in [0.3, 0.4) is 0 Å². The highest BCUT2D eigenvalue weighted by atomic mass is 35.5. The Bertz CT molecular complexity index is 1550. The van der Waals surface area contributed by atoms with E-state index >= 15 is 4.39 Å². The van der Waals surface area contributed by atoms with E-state index in [0.29, 0.717) is 78.8 Å². The van der Waals surface area contributed by atoms with Crippen LogP contribution in [0.5, 0.6) is 0 Å². The van der Waals surface area contributed by atoms with Crippen LogP contribution in [0, 0.1) is 11.6 Å². The minimum atomic E-state index is -0.877. The van der Waals surface area contributed by atoms with Gasteiger partial charge in [-0.05, 0) is 18.2 Å². The van der Waals surface area contributed by atoms with E-state index in [0.717, 1.165) is 6.07 Å². The Morgan fingerprint density at radius 2 is 1.95 bits per heavy atom. The molecule has 5 rings (SSSR count). The fourth-order valence-corrected chi connectivity index (χ4v) is 6.93. The number of methoxy groups -OCH3 is 1. The Hall–Kier alpha value is -2.70. The van der Waals surface area contributed by atoms with Gasteiger partial charge in [0.25, 0.3) is 0 Å². The zero-order chi connectivity index (χ0) is 28.6. The molecule has 2 aromatic carbocycles. The van der Waals surface area contributed by atoms with Crippen molar-refractivity contribution in [2.45, 2.75) is 17.5 Å². The quantitative estimate of drug-likeness (QED) is 0.244. The number of hydrogen-bond donors (Lipinski definition) is 1. The SMILES string of the molecule is C=CC(=O)N1CCN(c2nc(=O)n3c4c(c(-c5cc(Cl)c(F)cc5F)c(Cl)cc24)SCC(NCCOC)C3)CC1. The van der Waals surface area contributed by atoms with Crippen molar-refractivity contribution in [3.63, 3.8) is 0 Å². The molecule has 8 nitrogen and oxygen atoms in total. The highest BCUT2D eigenvalue weighted by Crippen LogP contribution is 2.46. The monoisotopic (exact) mass is 609 g/mol. The lowest BCUT2D eigenvalue weighted by Gasteiger charge is -2.35. The molecule has 212 valence electrons. The number of thioether (sulfide) groups is 1. The van der Waals surface area contributed by atoms with Crippen LogP contribution in [0.15, 0.2) is 40.5 Å². The molecule has 40 heavy (non-hydrogen) atoms. The highest BCUT2D eigenvalue weighted by molar-refractivity contribution is 7.99. The average Bonchev–Trinajstić information content (AvgIpc) is 3.13. The summed E-state index contributed by atoms with van der Waals surface area (Å²) in [5.41, 5.74) is 0.489. The maximum absolute atomic E-state index is 15.2. The molecule has 13 heteroatoms. The third-order valence-corrected chi connectivity index (χ3v) is 8.91. The first-order valence-corrected chi connectivity index (χ1v) is 14.4. The standard InChI is InChI=1S/C27H27Cl2F2N5O3S/c1-3-22(37)34-5-7-35(8-6-34)26-17-11-19(29)23(16-10-18(28)21(31)12-20(16)30)25-24(17)36(27(38)33-26)13-15(14-40-25)32-4-9-39-2/h3,10-12,15,32H,1,4-9,13-14H2,2H3. The molecular weight excluding hydrogens is 583 g/mol. The summed E-state index contributed by atoms with van der Waals surface area (Å²) in [4.78, 5) is 34.3. The van der Waals surface area contributed by atoms with Crippen LogP contribution >= 0.6 is 35.0 Å². The Kier molecular flexibility index (Phi) is 8.67. The Morgan fingerprint density at radius 3 is 2.65 bits per heavy atom. The maximum atomic E-state index is 15.2. The van der Waals surface area contributed by atoms with E-state index in [2.05, 4.69) is 16.9 Å². The molecule has 0 saturated carbocycles. The molecule has 3 aromatic rings. The van der Waals surface area contributed by atoms with Crippen molar-refractivity contribution in [1.82, 2.24) is 19.8 Å². The maximum Gasteiger partial charge on any atom is 0.350 e. The Balaban J connectivity index is 1.69. The number of ether oxygens (including phenoxy) is 1. The summed E-state index contributed by atoms with van der Waals surface area (Å²) in [6, 6.07) is 3.50. The molecule has 1 unspecified atom stereocenters. The summed E-state index contributed by atoms with van der Waals surface area (Å²) in [6.45, 7) is 6.73. The van der Waals surface area contributed by atoms with E-state index in [1.54, 1.807) is 22.6 Å². The second kappa shape index (κ2) is 12.0. The first-order chi connectivity index (χ1) is 19.2. The van der Waals surface area contributed by atoms with Crippen LogP contribution in [-0.4, -0.2) is 78.6 Å². The second-order valence-corrected chi connectivity index (χ2v) is 11.3. The van der Waals surface area contributed by atoms with Crippen molar-refractivity contribution in [2.24, 2.45) is 0 Å². The van der Waals surface area contributed by atoms with Crippen molar-refractivity contribution in [2.75, 3.05) is 57.1 Å². The van der Waals surface area contributed by atoms with Gasteiger partial charge in [-0.1, -0.05) is 29.8 Å². The van der Waals surface area contributed by atoms with Crippen molar-refractivity contribution in [3.8, 4) is 11.1 Å². The Morgan fingerprint density at radius 1 is 1.20 bits per heavy atom. The zero-order valence-electron chi connectivity index (χ0n) is 21.7. The van der Waals surface area contributed by atoms with Crippen LogP contribution in [-0.2, 0) is 16.1 Å². The van der Waals surface area contributed by atoms with Crippen LogP contribution in [0.4, 0.5) is 14.6 Å². The van der Waals surface area contributed by atoms with E-state index in [1.165, 1.54) is 23.9 Å². The normalized spacial score (nSPS) is 17.3. The van der Waals surface area contributed by atoms with Crippen molar-refractivity contribution in [3.05, 3.63) is 63.0 Å². The lowest BCUT2D eigenvalue weighted by atomic mass is 10.0. The van der Waals surface area contributed by atoms with Gasteiger partial charge in [0.2, 0.25) is 5.91 Å². The predicted molar refractivity (Wildman–Crippen MR) is 155 cm³/mol. The number of carbonyl (C=O) groups excluding carboxylic acids is 1. The number of rotatable bonds is 7. The molecule has 1 saturated heterocycles. The van der Waals surface area contributed by atoms with Crippen molar-refractivity contribution in [1.29, 1.82) is 0 Å². The summed E-state index contributed by atoms with van der Waals surface area (Å²) in [7, 11) is 1.61. The number of nitrogens with one attached hydrogen (secondary N) is 1. The lowest BCUT2D eigenvalue weighted by Crippen LogP contribution is -2.49. The van der Waals surface area contributed by atoms with Gasteiger partial charge in [0.15, 0.2) is 0 Å². The third-order valence-electron chi connectivity index (χ3n) is 7.07. The van der Waals surface area contributed by atoms with Crippen LogP contribution in [0.2, 0.25) is 10.0 Å². The van der Waals surface area contributed by atoms with Crippen molar-refractivity contribution < 1.29 is 18.3 Å². The van der Waals surface area contributed by atoms with E-state index in [-0.39, 0.29) is 27.6 Å². The van der Waals surface area contributed by atoms with E-state index < -0.39 is 17.3 Å². The van der Waals surface area contributed by atoms with Gasteiger partial charge in [-0.2, -0.15) is 4.98 Å².